The van der Waals surface area contributed by atoms with E-state index in [0.29, 0.717) is 0 Å². The lowest BCUT2D eigenvalue weighted by Gasteiger charge is -2.36. The van der Waals surface area contributed by atoms with Crippen LogP contribution in [0.1, 0.15) is 30.4 Å². The molecule has 1 aromatic rings. The summed E-state index contributed by atoms with van der Waals surface area (Å²) >= 11 is 7.50. The molecular weight excluding hydrogens is 354 g/mol. The summed E-state index contributed by atoms with van der Waals surface area (Å²) in [7, 11) is 0. The zero-order valence-corrected chi connectivity index (χ0v) is 16.0. The topological polar surface area (TPSA) is 49.8 Å². The summed E-state index contributed by atoms with van der Waals surface area (Å²) in [5, 5.41) is 9.37. The first-order chi connectivity index (χ1) is 12.1. The van der Waals surface area contributed by atoms with Gasteiger partial charge in [0, 0.05) is 24.9 Å². The van der Waals surface area contributed by atoms with Crippen molar-refractivity contribution < 1.29 is 14.6 Å². The summed E-state index contributed by atoms with van der Waals surface area (Å²) in [5.74, 6) is 1.37. The second kappa shape index (κ2) is 8.52. The Balaban J connectivity index is 1.69. The number of rotatable bonds is 5. The molecule has 2 aliphatic heterocycles. The van der Waals surface area contributed by atoms with E-state index in [2.05, 4.69) is 29.2 Å². The standard InChI is InChI=1S/C19H25NO3S2/c21-18(22)14-19(5-11-25-12-6-19)16-3-1-15(2-4-16)13-17(24)20-7-9-23-10-8-20/h1-4H,5-14H2,(H,21,22). The molecule has 2 fully saturated rings. The van der Waals surface area contributed by atoms with E-state index >= 15 is 0 Å². The Morgan fingerprint density at radius 2 is 1.84 bits per heavy atom. The lowest BCUT2D eigenvalue weighted by Crippen LogP contribution is -2.40. The molecule has 0 saturated carbocycles. The molecule has 0 aromatic heterocycles. The van der Waals surface area contributed by atoms with Crippen molar-refractivity contribution in [2.24, 2.45) is 0 Å². The third kappa shape index (κ3) is 4.74. The molecule has 0 bridgehead atoms. The Labute approximate surface area is 158 Å². The highest BCUT2D eigenvalue weighted by molar-refractivity contribution is 7.99. The minimum absolute atomic E-state index is 0.208. The lowest BCUT2D eigenvalue weighted by atomic mass is 9.73. The van der Waals surface area contributed by atoms with Gasteiger partial charge in [0.2, 0.25) is 0 Å². The third-order valence-electron chi connectivity index (χ3n) is 5.22. The molecule has 2 heterocycles. The van der Waals surface area contributed by atoms with Crippen LogP contribution in [0.25, 0.3) is 0 Å². The highest BCUT2D eigenvalue weighted by Crippen LogP contribution is 2.41. The zero-order valence-electron chi connectivity index (χ0n) is 14.4. The van der Waals surface area contributed by atoms with Crippen LogP contribution >= 0.6 is 24.0 Å². The number of carbonyl (C=O) groups is 1. The van der Waals surface area contributed by atoms with Gasteiger partial charge in [-0.2, -0.15) is 11.8 Å². The van der Waals surface area contributed by atoms with Crippen LogP contribution in [-0.2, 0) is 21.4 Å². The highest BCUT2D eigenvalue weighted by Gasteiger charge is 2.36. The van der Waals surface area contributed by atoms with Crippen LogP contribution in [0, 0.1) is 0 Å². The van der Waals surface area contributed by atoms with E-state index < -0.39 is 5.97 Å². The molecule has 2 aliphatic rings. The van der Waals surface area contributed by atoms with Gasteiger partial charge in [-0.25, -0.2) is 0 Å². The number of thioether (sulfide) groups is 1. The average Bonchev–Trinajstić information content (AvgIpc) is 2.63. The molecule has 0 unspecified atom stereocenters. The normalized spacial score (nSPS) is 20.2. The summed E-state index contributed by atoms with van der Waals surface area (Å²) in [6.45, 7) is 3.23. The molecular formula is C19H25NO3S2. The minimum atomic E-state index is -0.704. The molecule has 136 valence electrons. The number of carboxylic acids is 1. The van der Waals surface area contributed by atoms with Crippen molar-refractivity contribution in [3.05, 3.63) is 35.4 Å². The SMILES string of the molecule is O=C(O)CC1(c2ccc(CC(=S)N3CCOCC3)cc2)CCSCC1. The molecule has 6 heteroatoms. The van der Waals surface area contributed by atoms with Crippen molar-refractivity contribution in [3.63, 3.8) is 0 Å². The van der Waals surface area contributed by atoms with Crippen LogP contribution in [0.2, 0.25) is 0 Å². The van der Waals surface area contributed by atoms with Crippen LogP contribution in [-0.4, -0.2) is 58.8 Å². The maximum absolute atomic E-state index is 11.4. The fourth-order valence-electron chi connectivity index (χ4n) is 3.69. The number of hydrogen-bond donors (Lipinski definition) is 1. The molecule has 1 N–H and O–H groups in total. The highest BCUT2D eigenvalue weighted by atomic mass is 32.2. The summed E-state index contributed by atoms with van der Waals surface area (Å²) in [4.78, 5) is 14.6. The van der Waals surface area contributed by atoms with Crippen LogP contribution in [0.5, 0.6) is 0 Å². The van der Waals surface area contributed by atoms with Crippen molar-refractivity contribution in [2.45, 2.75) is 31.1 Å². The smallest absolute Gasteiger partial charge is 0.304 e. The van der Waals surface area contributed by atoms with E-state index in [4.69, 9.17) is 17.0 Å². The lowest BCUT2D eigenvalue weighted by molar-refractivity contribution is -0.138. The number of nitrogens with zero attached hydrogens (tertiary/aromatic N) is 1. The fourth-order valence-corrected chi connectivity index (χ4v) is 5.32. The van der Waals surface area contributed by atoms with E-state index in [1.165, 1.54) is 5.56 Å². The minimum Gasteiger partial charge on any atom is -0.481 e. The number of aliphatic carboxylic acids is 1. The molecule has 3 rings (SSSR count). The molecule has 0 radical (unpaired) electrons. The molecule has 4 nitrogen and oxygen atoms in total. The molecule has 2 saturated heterocycles. The molecule has 25 heavy (non-hydrogen) atoms. The van der Waals surface area contributed by atoms with Crippen LogP contribution in [0.4, 0.5) is 0 Å². The number of thiocarbonyl (C=S) groups is 1. The zero-order chi connectivity index (χ0) is 17.7. The fraction of sp³-hybridized carbons (Fsp3) is 0.579. The van der Waals surface area contributed by atoms with E-state index in [9.17, 15) is 9.90 Å². The van der Waals surface area contributed by atoms with Crippen molar-refractivity contribution in [1.29, 1.82) is 0 Å². The van der Waals surface area contributed by atoms with Crippen molar-refractivity contribution >= 4 is 34.9 Å². The van der Waals surface area contributed by atoms with Gasteiger partial charge in [-0.1, -0.05) is 36.5 Å². The molecule has 0 aliphatic carbocycles. The number of benzene rings is 1. The third-order valence-corrected chi connectivity index (χ3v) is 6.61. The number of carboxylic acid groups (broad SMARTS) is 1. The summed E-state index contributed by atoms with van der Waals surface area (Å²) in [6.07, 6.45) is 2.86. The van der Waals surface area contributed by atoms with E-state index in [1.54, 1.807) is 0 Å². The van der Waals surface area contributed by atoms with E-state index in [-0.39, 0.29) is 11.8 Å². The van der Waals surface area contributed by atoms with Gasteiger partial charge in [-0.3, -0.25) is 4.79 Å². The van der Waals surface area contributed by atoms with Gasteiger partial charge in [0.1, 0.15) is 0 Å². The van der Waals surface area contributed by atoms with Crippen LogP contribution in [0.3, 0.4) is 0 Å². The number of hydrogen-bond acceptors (Lipinski definition) is 4. The van der Waals surface area contributed by atoms with Gasteiger partial charge < -0.3 is 14.7 Å². The second-order valence-corrected chi connectivity index (χ2v) is 8.53. The molecule has 0 spiro atoms. The predicted molar refractivity (Wildman–Crippen MR) is 106 cm³/mol. The Bertz CT molecular complexity index is 606. The van der Waals surface area contributed by atoms with Gasteiger partial charge in [0.15, 0.2) is 0 Å². The largest absolute Gasteiger partial charge is 0.481 e. The van der Waals surface area contributed by atoms with Gasteiger partial charge >= 0.3 is 5.97 Å². The Morgan fingerprint density at radius 3 is 2.44 bits per heavy atom. The number of ether oxygens (including phenoxy) is 1. The monoisotopic (exact) mass is 379 g/mol. The molecule has 0 amide bonds. The first-order valence-electron chi connectivity index (χ1n) is 8.84. The first-order valence-corrected chi connectivity index (χ1v) is 10.4. The predicted octanol–water partition coefficient (Wildman–Crippen LogP) is 3.13. The summed E-state index contributed by atoms with van der Waals surface area (Å²) < 4.78 is 5.37. The summed E-state index contributed by atoms with van der Waals surface area (Å²) in [5.41, 5.74) is 2.15. The first kappa shape index (κ1) is 18.7. The maximum atomic E-state index is 11.4. The molecule has 1 aromatic carbocycles. The van der Waals surface area contributed by atoms with Crippen molar-refractivity contribution in [3.8, 4) is 0 Å². The van der Waals surface area contributed by atoms with E-state index in [0.717, 1.165) is 67.6 Å². The van der Waals surface area contributed by atoms with Crippen molar-refractivity contribution in [1.82, 2.24) is 4.90 Å². The Kier molecular flexibility index (Phi) is 6.36. The number of morpholine rings is 1. The Hall–Kier alpha value is -1.11. The van der Waals surface area contributed by atoms with Gasteiger partial charge in [-0.05, 0) is 35.5 Å². The van der Waals surface area contributed by atoms with Crippen LogP contribution in [0.15, 0.2) is 24.3 Å². The quantitative estimate of drug-likeness (QED) is 0.794. The average molecular weight is 380 g/mol. The van der Waals surface area contributed by atoms with Crippen LogP contribution < -0.4 is 0 Å². The molecule has 0 atom stereocenters. The van der Waals surface area contributed by atoms with Gasteiger partial charge in [0.05, 0.1) is 24.6 Å². The second-order valence-electron chi connectivity index (χ2n) is 6.83. The van der Waals surface area contributed by atoms with Crippen molar-refractivity contribution in [2.75, 3.05) is 37.8 Å². The van der Waals surface area contributed by atoms with E-state index in [1.807, 2.05) is 11.8 Å². The van der Waals surface area contributed by atoms with Gasteiger partial charge in [-0.15, -0.1) is 0 Å². The maximum Gasteiger partial charge on any atom is 0.304 e. The summed E-state index contributed by atoms with van der Waals surface area (Å²) in [6, 6.07) is 8.48. The van der Waals surface area contributed by atoms with Gasteiger partial charge in [0.25, 0.3) is 0 Å². The Morgan fingerprint density at radius 1 is 1.20 bits per heavy atom.